The lowest BCUT2D eigenvalue weighted by Gasteiger charge is -2.18. The van der Waals surface area contributed by atoms with Gasteiger partial charge < -0.3 is 4.74 Å². The van der Waals surface area contributed by atoms with Crippen molar-refractivity contribution in [3.05, 3.63) is 52.9 Å². The Kier molecular flexibility index (Phi) is 3.18. The van der Waals surface area contributed by atoms with E-state index in [2.05, 4.69) is 5.10 Å². The van der Waals surface area contributed by atoms with Gasteiger partial charge in [0.25, 0.3) is 0 Å². The average Bonchev–Trinajstić information content (AvgIpc) is 2.96. The maximum absolute atomic E-state index is 12.3. The molecule has 0 unspecified atom stereocenters. The largest absolute Gasteiger partial charge is 0.451 e. The minimum absolute atomic E-state index is 0.215. The molecule has 1 aromatic carbocycles. The van der Waals surface area contributed by atoms with Crippen LogP contribution in [0, 0.1) is 0 Å². The van der Waals surface area contributed by atoms with E-state index >= 15 is 0 Å². The number of nitrogens with zero attached hydrogens (tertiary/aromatic N) is 3. The fourth-order valence-electron chi connectivity index (χ4n) is 2.17. The van der Waals surface area contributed by atoms with Crippen molar-refractivity contribution < 1.29 is 4.74 Å². The quantitative estimate of drug-likeness (QED) is 0.840. The highest BCUT2D eigenvalue weighted by Gasteiger charge is 2.16. The molecule has 1 aliphatic rings. The molecule has 5 nitrogen and oxygen atoms in total. The summed E-state index contributed by atoms with van der Waals surface area (Å²) in [5, 5.41) is 6.06. The highest BCUT2D eigenvalue weighted by molar-refractivity contribution is 5.28. The van der Waals surface area contributed by atoms with Crippen molar-refractivity contribution in [1.29, 1.82) is 0 Å². The molecule has 3 rings (SSSR count). The monoisotopic (exact) mass is 257 g/mol. The Morgan fingerprint density at radius 1 is 1.05 bits per heavy atom. The first-order valence-electron chi connectivity index (χ1n) is 6.41. The van der Waals surface area contributed by atoms with Crippen molar-refractivity contribution >= 4 is 0 Å². The van der Waals surface area contributed by atoms with Gasteiger partial charge >= 0.3 is 5.56 Å². The van der Waals surface area contributed by atoms with E-state index in [0.29, 0.717) is 11.5 Å². The highest BCUT2D eigenvalue weighted by atomic mass is 16.5. The van der Waals surface area contributed by atoms with Crippen molar-refractivity contribution in [1.82, 2.24) is 9.89 Å². The smallest absolute Gasteiger partial charge is 0.329 e. The van der Waals surface area contributed by atoms with Gasteiger partial charge in [-0.15, -0.1) is 4.79 Å². The second-order valence-corrected chi connectivity index (χ2v) is 4.47. The summed E-state index contributed by atoms with van der Waals surface area (Å²) in [4.78, 5) is 13.7. The van der Waals surface area contributed by atoms with Gasteiger partial charge in [-0.05, 0) is 25.0 Å². The van der Waals surface area contributed by atoms with Gasteiger partial charge in [-0.3, -0.25) is 9.80 Å². The molecule has 0 atom stereocenters. The predicted molar refractivity (Wildman–Crippen MR) is 72.2 cm³/mol. The molecular weight excluding hydrogens is 242 g/mol. The van der Waals surface area contributed by atoms with Crippen LogP contribution in [0.2, 0.25) is 0 Å². The van der Waals surface area contributed by atoms with Gasteiger partial charge in [-0.2, -0.15) is 5.10 Å². The molecule has 98 valence electrons. The molecule has 1 fully saturated rings. The van der Waals surface area contributed by atoms with Crippen LogP contribution in [0.1, 0.15) is 12.8 Å². The number of ether oxygens (including phenoxy) is 1. The van der Waals surface area contributed by atoms with Crippen LogP contribution in [-0.2, 0) is 0 Å². The number of rotatable bonds is 3. The number of aromatic nitrogens is 2. The molecule has 1 aromatic heterocycles. The second-order valence-electron chi connectivity index (χ2n) is 4.47. The van der Waals surface area contributed by atoms with E-state index in [4.69, 9.17) is 4.74 Å². The Labute approximate surface area is 111 Å². The van der Waals surface area contributed by atoms with E-state index in [1.54, 1.807) is 12.3 Å². The van der Waals surface area contributed by atoms with Crippen LogP contribution in [0.5, 0.6) is 11.5 Å². The summed E-state index contributed by atoms with van der Waals surface area (Å²) < 4.78 is 5.61. The van der Waals surface area contributed by atoms with Crippen molar-refractivity contribution in [2.45, 2.75) is 12.8 Å². The molecule has 0 spiro atoms. The normalized spacial score (nSPS) is 14.6. The van der Waals surface area contributed by atoms with E-state index in [9.17, 15) is 4.79 Å². The summed E-state index contributed by atoms with van der Waals surface area (Å²) in [7, 11) is 0. The zero-order valence-corrected chi connectivity index (χ0v) is 10.5. The van der Waals surface area contributed by atoms with E-state index in [1.165, 1.54) is 4.79 Å². The Balaban J connectivity index is 1.90. The van der Waals surface area contributed by atoms with E-state index in [-0.39, 0.29) is 5.56 Å². The second kappa shape index (κ2) is 5.14. The molecular formula is C14H15N3O2. The van der Waals surface area contributed by atoms with Crippen LogP contribution < -0.4 is 15.3 Å². The van der Waals surface area contributed by atoms with Gasteiger partial charge in [0.1, 0.15) is 5.75 Å². The molecule has 0 aliphatic carbocycles. The van der Waals surface area contributed by atoms with Crippen LogP contribution in [0.15, 0.2) is 47.4 Å². The molecule has 2 heterocycles. The van der Waals surface area contributed by atoms with Crippen LogP contribution >= 0.6 is 0 Å². The number of hydrogen-bond donors (Lipinski definition) is 0. The summed E-state index contributed by atoms with van der Waals surface area (Å²) in [5.41, 5.74) is -0.215. The summed E-state index contributed by atoms with van der Waals surface area (Å²) in [6.45, 7) is 1.73. The summed E-state index contributed by atoms with van der Waals surface area (Å²) in [6, 6.07) is 10.9. The maximum atomic E-state index is 12.3. The molecule has 5 heteroatoms. The zero-order valence-electron chi connectivity index (χ0n) is 10.5. The summed E-state index contributed by atoms with van der Waals surface area (Å²) in [6.07, 6.45) is 3.79. The molecule has 0 amide bonds. The first kappa shape index (κ1) is 11.8. The lowest BCUT2D eigenvalue weighted by Crippen LogP contribution is -2.41. The Morgan fingerprint density at radius 2 is 1.79 bits per heavy atom. The van der Waals surface area contributed by atoms with Crippen molar-refractivity contribution in [3.63, 3.8) is 0 Å². The molecule has 0 saturated carbocycles. The zero-order chi connectivity index (χ0) is 13.1. The van der Waals surface area contributed by atoms with Gasteiger partial charge in [0.05, 0.1) is 6.20 Å². The molecule has 1 saturated heterocycles. The van der Waals surface area contributed by atoms with Crippen LogP contribution in [0.25, 0.3) is 0 Å². The minimum atomic E-state index is -0.215. The van der Waals surface area contributed by atoms with Gasteiger partial charge in [0.15, 0.2) is 5.75 Å². The first-order chi connectivity index (χ1) is 9.34. The third-order valence-corrected chi connectivity index (χ3v) is 3.12. The number of benzene rings is 1. The fourth-order valence-corrected chi connectivity index (χ4v) is 2.17. The fraction of sp³-hybridized carbons (Fsp3) is 0.286. The number of hydrogen-bond acceptors (Lipinski definition) is 4. The van der Waals surface area contributed by atoms with Crippen LogP contribution in [0.3, 0.4) is 0 Å². The highest BCUT2D eigenvalue weighted by Crippen LogP contribution is 2.16. The SMILES string of the molecule is O=c1c(Oc2ccccc2)ccnn1N1CCCC1. The third-order valence-electron chi connectivity index (χ3n) is 3.12. The van der Waals surface area contributed by atoms with Gasteiger partial charge in [0.2, 0.25) is 0 Å². The minimum Gasteiger partial charge on any atom is -0.451 e. The van der Waals surface area contributed by atoms with Crippen LogP contribution in [-0.4, -0.2) is 23.0 Å². The molecule has 0 N–H and O–H groups in total. The van der Waals surface area contributed by atoms with Crippen molar-refractivity contribution in [3.8, 4) is 11.5 Å². The molecule has 2 aromatic rings. The van der Waals surface area contributed by atoms with Crippen molar-refractivity contribution in [2.75, 3.05) is 18.1 Å². The van der Waals surface area contributed by atoms with Gasteiger partial charge in [-0.1, -0.05) is 18.2 Å². The third kappa shape index (κ3) is 2.45. The standard InChI is InChI=1S/C14H15N3O2/c18-14-13(19-12-6-2-1-3-7-12)8-9-15-17(14)16-10-4-5-11-16/h1-3,6-9H,4-5,10-11H2. The van der Waals surface area contributed by atoms with Gasteiger partial charge in [0, 0.05) is 19.2 Å². The van der Waals surface area contributed by atoms with E-state index in [1.807, 2.05) is 35.3 Å². The first-order valence-corrected chi connectivity index (χ1v) is 6.41. The summed E-state index contributed by atoms with van der Waals surface area (Å²) >= 11 is 0. The maximum Gasteiger partial charge on any atom is 0.329 e. The van der Waals surface area contributed by atoms with Gasteiger partial charge in [-0.25, -0.2) is 0 Å². The number of para-hydroxylation sites is 1. The topological polar surface area (TPSA) is 47.4 Å². The van der Waals surface area contributed by atoms with Crippen molar-refractivity contribution in [2.24, 2.45) is 0 Å². The Morgan fingerprint density at radius 3 is 2.53 bits per heavy atom. The molecule has 19 heavy (non-hydrogen) atoms. The Bertz CT molecular complexity index is 604. The summed E-state index contributed by atoms with van der Waals surface area (Å²) in [5.74, 6) is 0.951. The lowest BCUT2D eigenvalue weighted by atomic mass is 10.3. The van der Waals surface area contributed by atoms with Crippen LogP contribution in [0.4, 0.5) is 0 Å². The van der Waals surface area contributed by atoms with E-state index < -0.39 is 0 Å². The molecule has 0 radical (unpaired) electrons. The van der Waals surface area contributed by atoms with E-state index in [0.717, 1.165) is 25.9 Å². The lowest BCUT2D eigenvalue weighted by molar-refractivity contribution is 0.450. The Hall–Kier alpha value is -2.30. The predicted octanol–water partition coefficient (Wildman–Crippen LogP) is 1.77. The average molecular weight is 257 g/mol. The molecule has 1 aliphatic heterocycles. The molecule has 0 bridgehead atoms.